The van der Waals surface area contributed by atoms with Crippen molar-refractivity contribution in [1.29, 1.82) is 0 Å². The van der Waals surface area contributed by atoms with Gasteiger partial charge in [-0.15, -0.1) is 0 Å². The van der Waals surface area contributed by atoms with Crippen LogP contribution >= 0.6 is 0 Å². The number of hydrogen-bond donors (Lipinski definition) is 3. The summed E-state index contributed by atoms with van der Waals surface area (Å²) in [4.78, 5) is 14.8. The highest BCUT2D eigenvalue weighted by Crippen LogP contribution is 1.97. The van der Waals surface area contributed by atoms with Crippen LogP contribution in [0, 0.1) is 0 Å². The Bertz CT molecular complexity index is 260. The molecule has 0 aromatic rings. The first-order valence-electron chi connectivity index (χ1n) is 5.22. The Balaban J connectivity index is 3.69. The average Bonchev–Trinajstić information content (AvgIpc) is 2.22. The van der Waals surface area contributed by atoms with Crippen LogP contribution in [0.4, 0.5) is 0 Å². The fourth-order valence-electron chi connectivity index (χ4n) is 1.02. The van der Waals surface area contributed by atoms with E-state index >= 15 is 0 Å². The van der Waals surface area contributed by atoms with E-state index in [-0.39, 0.29) is 18.0 Å². The van der Waals surface area contributed by atoms with Crippen molar-refractivity contribution in [2.24, 2.45) is 22.2 Å². The van der Waals surface area contributed by atoms with Crippen molar-refractivity contribution >= 4 is 11.9 Å². The largest absolute Gasteiger partial charge is 0.463 e. The third-order valence-electron chi connectivity index (χ3n) is 1.76. The molecule has 0 rings (SSSR count). The molecular weight excluding hydrogens is 208 g/mol. The third kappa shape index (κ3) is 9.01. The van der Waals surface area contributed by atoms with E-state index in [9.17, 15) is 4.79 Å². The van der Waals surface area contributed by atoms with Gasteiger partial charge in [-0.2, -0.15) is 0 Å². The molecule has 0 spiro atoms. The van der Waals surface area contributed by atoms with Gasteiger partial charge in [-0.1, -0.05) is 6.08 Å². The second kappa shape index (κ2) is 8.72. The molecule has 0 saturated heterocycles. The average molecular weight is 228 g/mol. The Kier molecular flexibility index (Phi) is 7.87. The summed E-state index contributed by atoms with van der Waals surface area (Å²) in [5, 5.41) is 0. The summed E-state index contributed by atoms with van der Waals surface area (Å²) in [7, 11) is 0. The predicted octanol–water partition coefficient (Wildman–Crippen LogP) is -0.513. The minimum absolute atomic E-state index is 0.0793. The van der Waals surface area contributed by atoms with Crippen LogP contribution in [0.1, 0.15) is 19.8 Å². The van der Waals surface area contributed by atoms with Crippen molar-refractivity contribution in [3.63, 3.8) is 0 Å². The van der Waals surface area contributed by atoms with Crippen LogP contribution in [-0.4, -0.2) is 31.1 Å². The lowest BCUT2D eigenvalue weighted by molar-refractivity contribution is -0.137. The Hall–Kier alpha value is -1.56. The summed E-state index contributed by atoms with van der Waals surface area (Å²) in [5.41, 5.74) is 16.1. The quantitative estimate of drug-likeness (QED) is 0.178. The molecule has 6 nitrogen and oxygen atoms in total. The maximum absolute atomic E-state index is 10.9. The normalized spacial score (nSPS) is 12.4. The van der Waals surface area contributed by atoms with Crippen molar-refractivity contribution < 1.29 is 9.53 Å². The first-order valence-corrected chi connectivity index (χ1v) is 5.22. The molecule has 16 heavy (non-hydrogen) atoms. The Morgan fingerprint density at radius 3 is 2.75 bits per heavy atom. The molecule has 0 amide bonds. The lowest BCUT2D eigenvalue weighted by Crippen LogP contribution is -2.23. The van der Waals surface area contributed by atoms with Gasteiger partial charge in [-0.3, -0.25) is 4.99 Å². The molecule has 0 aromatic heterocycles. The highest BCUT2D eigenvalue weighted by atomic mass is 16.5. The second-order valence-electron chi connectivity index (χ2n) is 3.22. The summed E-state index contributed by atoms with van der Waals surface area (Å²) in [6.07, 6.45) is 4.45. The standard InChI is InChI=1S/C10H20N4O2/c1-2-16-9(15)6-5-8(11)4-3-7-14-10(12)13/h5-6,8H,2-4,7,11H2,1H3,(H4,12,13,14). The number of rotatable bonds is 7. The summed E-state index contributed by atoms with van der Waals surface area (Å²) in [6.45, 7) is 2.66. The number of ether oxygens (including phenoxy) is 1. The maximum atomic E-state index is 10.9. The fourth-order valence-corrected chi connectivity index (χ4v) is 1.02. The number of aliphatic imine (C=N–C) groups is 1. The van der Waals surface area contributed by atoms with Crippen molar-refractivity contribution in [3.8, 4) is 0 Å². The van der Waals surface area contributed by atoms with E-state index in [0.717, 1.165) is 6.42 Å². The highest BCUT2D eigenvalue weighted by Gasteiger charge is 1.99. The first kappa shape index (κ1) is 14.4. The van der Waals surface area contributed by atoms with Gasteiger partial charge in [-0.05, 0) is 19.8 Å². The van der Waals surface area contributed by atoms with Gasteiger partial charge >= 0.3 is 5.97 Å². The van der Waals surface area contributed by atoms with Gasteiger partial charge < -0.3 is 21.9 Å². The Morgan fingerprint density at radius 1 is 1.50 bits per heavy atom. The van der Waals surface area contributed by atoms with Crippen molar-refractivity contribution in [2.75, 3.05) is 13.2 Å². The van der Waals surface area contributed by atoms with E-state index < -0.39 is 0 Å². The van der Waals surface area contributed by atoms with Crippen LogP contribution in [0.5, 0.6) is 0 Å². The van der Waals surface area contributed by atoms with Crippen LogP contribution in [0.15, 0.2) is 17.1 Å². The molecule has 0 saturated carbocycles. The van der Waals surface area contributed by atoms with E-state index in [1.54, 1.807) is 13.0 Å². The van der Waals surface area contributed by atoms with Gasteiger partial charge in [-0.25, -0.2) is 4.79 Å². The molecule has 1 atom stereocenters. The third-order valence-corrected chi connectivity index (χ3v) is 1.76. The summed E-state index contributed by atoms with van der Waals surface area (Å²) in [6, 6.07) is -0.182. The molecular formula is C10H20N4O2. The van der Waals surface area contributed by atoms with E-state index in [1.807, 2.05) is 0 Å². The highest BCUT2D eigenvalue weighted by molar-refractivity contribution is 5.81. The molecule has 0 aliphatic carbocycles. The van der Waals surface area contributed by atoms with Crippen molar-refractivity contribution in [2.45, 2.75) is 25.8 Å². The number of carbonyl (C=O) groups excluding carboxylic acids is 1. The van der Waals surface area contributed by atoms with Crippen molar-refractivity contribution in [1.82, 2.24) is 0 Å². The van der Waals surface area contributed by atoms with Gasteiger partial charge in [0.15, 0.2) is 5.96 Å². The summed E-state index contributed by atoms with van der Waals surface area (Å²) >= 11 is 0. The SMILES string of the molecule is CCOC(=O)C=CC(N)CCCN=C(N)N. The Labute approximate surface area is 95.5 Å². The number of guanidine groups is 1. The van der Waals surface area contributed by atoms with Gasteiger partial charge in [0.2, 0.25) is 0 Å². The molecule has 92 valence electrons. The summed E-state index contributed by atoms with van der Waals surface area (Å²) < 4.78 is 4.71. The van der Waals surface area contributed by atoms with Gasteiger partial charge in [0, 0.05) is 18.7 Å². The molecule has 0 fully saturated rings. The second-order valence-corrected chi connectivity index (χ2v) is 3.22. The van der Waals surface area contributed by atoms with Crippen LogP contribution in [-0.2, 0) is 9.53 Å². The zero-order chi connectivity index (χ0) is 12.4. The molecule has 1 unspecified atom stereocenters. The van der Waals surface area contributed by atoms with Crippen LogP contribution < -0.4 is 17.2 Å². The smallest absolute Gasteiger partial charge is 0.330 e. The fraction of sp³-hybridized carbons (Fsp3) is 0.600. The van der Waals surface area contributed by atoms with Gasteiger partial charge in [0.1, 0.15) is 0 Å². The molecule has 0 radical (unpaired) electrons. The van der Waals surface area contributed by atoms with Crippen LogP contribution in [0.3, 0.4) is 0 Å². The lowest BCUT2D eigenvalue weighted by atomic mass is 10.1. The molecule has 6 N–H and O–H groups in total. The summed E-state index contributed by atoms with van der Waals surface area (Å²) in [5.74, 6) is -0.294. The maximum Gasteiger partial charge on any atom is 0.330 e. The number of nitrogens with zero attached hydrogens (tertiary/aromatic N) is 1. The van der Waals surface area contributed by atoms with E-state index in [2.05, 4.69) is 4.99 Å². The van der Waals surface area contributed by atoms with Gasteiger partial charge in [0.05, 0.1) is 6.61 Å². The Morgan fingerprint density at radius 2 is 2.19 bits per heavy atom. The monoisotopic (exact) mass is 228 g/mol. The van der Waals surface area contributed by atoms with E-state index in [4.69, 9.17) is 21.9 Å². The molecule has 0 heterocycles. The predicted molar refractivity (Wildman–Crippen MR) is 63.7 cm³/mol. The lowest BCUT2D eigenvalue weighted by Gasteiger charge is -2.04. The molecule has 0 bridgehead atoms. The number of hydrogen-bond acceptors (Lipinski definition) is 4. The molecule has 0 aliphatic heterocycles. The zero-order valence-electron chi connectivity index (χ0n) is 9.56. The number of nitrogens with two attached hydrogens (primary N) is 3. The molecule has 6 heteroatoms. The first-order chi connectivity index (χ1) is 7.56. The molecule has 0 aromatic carbocycles. The van der Waals surface area contributed by atoms with Crippen molar-refractivity contribution in [3.05, 3.63) is 12.2 Å². The number of carbonyl (C=O) groups is 1. The topological polar surface area (TPSA) is 117 Å². The number of esters is 1. The van der Waals surface area contributed by atoms with E-state index in [0.29, 0.717) is 19.6 Å². The minimum atomic E-state index is -0.373. The van der Waals surface area contributed by atoms with E-state index in [1.165, 1.54) is 6.08 Å². The van der Waals surface area contributed by atoms with Crippen LogP contribution in [0.25, 0.3) is 0 Å². The van der Waals surface area contributed by atoms with Gasteiger partial charge in [0.25, 0.3) is 0 Å². The molecule has 0 aliphatic rings. The minimum Gasteiger partial charge on any atom is -0.463 e. The van der Waals surface area contributed by atoms with Crippen LogP contribution in [0.2, 0.25) is 0 Å². The zero-order valence-corrected chi connectivity index (χ0v) is 9.56.